The minimum atomic E-state index is 0.0196. The monoisotopic (exact) mass is 391 g/mol. The molecule has 0 radical (unpaired) electrons. The van der Waals surface area contributed by atoms with Crippen LogP contribution in [0.25, 0.3) is 0 Å². The van der Waals surface area contributed by atoms with E-state index in [9.17, 15) is 4.79 Å². The van der Waals surface area contributed by atoms with E-state index in [0.717, 1.165) is 48.2 Å². The fourth-order valence-corrected chi connectivity index (χ4v) is 3.53. The predicted octanol–water partition coefficient (Wildman–Crippen LogP) is 3.01. The molecule has 3 aromatic rings. The second-order valence-corrected chi connectivity index (χ2v) is 7.34. The lowest BCUT2D eigenvalue weighted by Crippen LogP contribution is -2.35. The molecule has 0 bridgehead atoms. The summed E-state index contributed by atoms with van der Waals surface area (Å²) in [6, 6.07) is 17.4. The molecule has 7 heteroatoms. The number of amides is 1. The fraction of sp³-hybridized carbons (Fsp3) is 0.318. The highest BCUT2D eigenvalue weighted by molar-refractivity contribution is 5.78. The van der Waals surface area contributed by atoms with Gasteiger partial charge in [0.15, 0.2) is 5.82 Å². The normalized spacial score (nSPS) is 16.7. The number of aryl methyl sites for hydroxylation is 1. The molecule has 1 unspecified atom stereocenters. The molecule has 0 spiro atoms. The minimum Gasteiger partial charge on any atom is -0.457 e. The number of rotatable bonds is 7. The smallest absolute Gasteiger partial charge is 0.234 e. The van der Waals surface area contributed by atoms with Crippen molar-refractivity contribution in [1.29, 1.82) is 0 Å². The van der Waals surface area contributed by atoms with Gasteiger partial charge < -0.3 is 10.1 Å². The van der Waals surface area contributed by atoms with Crippen molar-refractivity contribution in [1.82, 2.24) is 25.4 Å². The summed E-state index contributed by atoms with van der Waals surface area (Å²) in [6.45, 7) is 4.45. The second kappa shape index (κ2) is 8.87. The highest BCUT2D eigenvalue weighted by atomic mass is 16.5. The second-order valence-electron chi connectivity index (χ2n) is 7.34. The molecule has 150 valence electrons. The summed E-state index contributed by atoms with van der Waals surface area (Å²) in [7, 11) is 0. The molecule has 1 fully saturated rings. The van der Waals surface area contributed by atoms with Gasteiger partial charge >= 0.3 is 0 Å². The number of likely N-dealkylation sites (tertiary alicyclic amines) is 1. The Morgan fingerprint density at radius 1 is 1.21 bits per heavy atom. The molecule has 1 aromatic heterocycles. The molecule has 2 heterocycles. The van der Waals surface area contributed by atoms with Crippen molar-refractivity contribution in [3.05, 3.63) is 71.8 Å². The van der Waals surface area contributed by atoms with E-state index in [1.54, 1.807) is 0 Å². The summed E-state index contributed by atoms with van der Waals surface area (Å²) in [5.41, 5.74) is 1.00. The molecule has 1 saturated heterocycles. The van der Waals surface area contributed by atoms with E-state index in [1.807, 2.05) is 61.5 Å². The molecular formula is C22H25N5O2. The first-order chi connectivity index (χ1) is 14.2. The Kier molecular flexibility index (Phi) is 5.86. The van der Waals surface area contributed by atoms with E-state index < -0.39 is 0 Å². The number of para-hydroxylation sites is 1. The molecular weight excluding hydrogens is 366 g/mol. The van der Waals surface area contributed by atoms with Gasteiger partial charge in [0.05, 0.1) is 6.54 Å². The van der Waals surface area contributed by atoms with Crippen LogP contribution in [-0.4, -0.2) is 45.6 Å². The maximum absolute atomic E-state index is 12.4. The first-order valence-corrected chi connectivity index (χ1v) is 9.85. The first-order valence-electron chi connectivity index (χ1n) is 9.85. The van der Waals surface area contributed by atoms with Crippen molar-refractivity contribution in [2.75, 3.05) is 19.6 Å². The van der Waals surface area contributed by atoms with Gasteiger partial charge in [-0.3, -0.25) is 14.8 Å². The van der Waals surface area contributed by atoms with Gasteiger partial charge in [-0.05, 0) is 49.7 Å². The zero-order valence-corrected chi connectivity index (χ0v) is 16.5. The molecule has 2 aromatic carbocycles. The van der Waals surface area contributed by atoms with Crippen LogP contribution in [0, 0.1) is 6.92 Å². The zero-order valence-electron chi connectivity index (χ0n) is 16.5. The van der Waals surface area contributed by atoms with Gasteiger partial charge in [0.1, 0.15) is 17.3 Å². The topological polar surface area (TPSA) is 83.1 Å². The Morgan fingerprint density at radius 3 is 2.83 bits per heavy atom. The third kappa shape index (κ3) is 5.20. The third-order valence-electron chi connectivity index (χ3n) is 4.99. The van der Waals surface area contributed by atoms with Crippen LogP contribution in [0.2, 0.25) is 0 Å². The molecule has 1 atom stereocenters. The van der Waals surface area contributed by atoms with Crippen molar-refractivity contribution >= 4 is 5.91 Å². The average Bonchev–Trinajstić information content (AvgIpc) is 3.36. The van der Waals surface area contributed by atoms with E-state index in [-0.39, 0.29) is 5.91 Å². The summed E-state index contributed by atoms with van der Waals surface area (Å²) >= 11 is 0. The Bertz CT molecular complexity index is 957. The third-order valence-corrected chi connectivity index (χ3v) is 4.99. The lowest BCUT2D eigenvalue weighted by molar-refractivity contribution is -0.122. The van der Waals surface area contributed by atoms with Crippen molar-refractivity contribution in [2.45, 2.75) is 25.8 Å². The van der Waals surface area contributed by atoms with Gasteiger partial charge in [0.2, 0.25) is 5.91 Å². The number of nitrogens with zero attached hydrogens (tertiary/aromatic N) is 3. The van der Waals surface area contributed by atoms with Crippen LogP contribution >= 0.6 is 0 Å². The number of aromatic nitrogens is 3. The molecule has 0 saturated carbocycles. The number of carbonyl (C=O) groups is 1. The predicted molar refractivity (Wildman–Crippen MR) is 110 cm³/mol. The summed E-state index contributed by atoms with van der Waals surface area (Å²) in [5, 5.41) is 10.1. The molecule has 4 rings (SSSR count). The average molecular weight is 391 g/mol. The van der Waals surface area contributed by atoms with Crippen LogP contribution in [0.1, 0.15) is 29.6 Å². The van der Waals surface area contributed by atoms with E-state index >= 15 is 0 Å². The van der Waals surface area contributed by atoms with Gasteiger partial charge in [0, 0.05) is 19.0 Å². The van der Waals surface area contributed by atoms with Crippen molar-refractivity contribution in [3.8, 4) is 11.5 Å². The number of nitrogens with one attached hydrogen (secondary N) is 2. The largest absolute Gasteiger partial charge is 0.457 e. The molecule has 0 aliphatic carbocycles. The highest BCUT2D eigenvalue weighted by Gasteiger charge is 2.27. The number of H-pyrrole nitrogens is 1. The number of ether oxygens (including phenoxy) is 1. The molecule has 1 aliphatic rings. The Morgan fingerprint density at radius 2 is 2.03 bits per heavy atom. The standard InChI is InChI=1S/C22H25N5O2/c1-16-24-22(26-25-16)18-10-11-27(14-18)15-21(28)23-13-17-6-5-9-20(12-17)29-19-7-3-2-4-8-19/h2-9,12,18H,10-11,13-15H2,1H3,(H,23,28)(H,24,25,26). The van der Waals surface area contributed by atoms with E-state index in [4.69, 9.17) is 4.74 Å². The van der Waals surface area contributed by atoms with Crippen molar-refractivity contribution < 1.29 is 9.53 Å². The van der Waals surface area contributed by atoms with E-state index in [0.29, 0.717) is 19.0 Å². The van der Waals surface area contributed by atoms with Crippen LogP contribution in [0.15, 0.2) is 54.6 Å². The number of hydrogen-bond acceptors (Lipinski definition) is 5. The molecule has 29 heavy (non-hydrogen) atoms. The van der Waals surface area contributed by atoms with E-state index in [1.165, 1.54) is 0 Å². The lowest BCUT2D eigenvalue weighted by Gasteiger charge is -2.15. The number of benzene rings is 2. The van der Waals surface area contributed by atoms with Crippen LogP contribution in [0.3, 0.4) is 0 Å². The SMILES string of the molecule is Cc1nc(C2CCN(CC(=O)NCc3cccc(Oc4ccccc4)c3)C2)n[nH]1. The summed E-state index contributed by atoms with van der Waals surface area (Å²) < 4.78 is 5.85. The number of hydrogen-bond donors (Lipinski definition) is 2. The Balaban J connectivity index is 1.25. The fourth-order valence-electron chi connectivity index (χ4n) is 3.53. The van der Waals surface area contributed by atoms with Crippen LogP contribution in [0.4, 0.5) is 0 Å². The Labute approximate surface area is 170 Å². The summed E-state index contributed by atoms with van der Waals surface area (Å²) in [6.07, 6.45) is 0.976. The molecule has 7 nitrogen and oxygen atoms in total. The van der Waals surface area contributed by atoms with Crippen molar-refractivity contribution in [2.24, 2.45) is 0 Å². The summed E-state index contributed by atoms with van der Waals surface area (Å²) in [5.74, 6) is 3.53. The van der Waals surface area contributed by atoms with Gasteiger partial charge in [-0.1, -0.05) is 30.3 Å². The van der Waals surface area contributed by atoms with Gasteiger partial charge in [0.25, 0.3) is 0 Å². The van der Waals surface area contributed by atoms with Gasteiger partial charge in [-0.2, -0.15) is 5.10 Å². The summed E-state index contributed by atoms with van der Waals surface area (Å²) in [4.78, 5) is 18.9. The lowest BCUT2D eigenvalue weighted by atomic mass is 10.1. The first kappa shape index (κ1) is 19.1. The van der Waals surface area contributed by atoms with E-state index in [2.05, 4.69) is 25.4 Å². The van der Waals surface area contributed by atoms with Gasteiger partial charge in [-0.15, -0.1) is 0 Å². The molecule has 1 aliphatic heterocycles. The van der Waals surface area contributed by atoms with Crippen LogP contribution < -0.4 is 10.1 Å². The van der Waals surface area contributed by atoms with Crippen molar-refractivity contribution in [3.63, 3.8) is 0 Å². The number of aromatic amines is 1. The van der Waals surface area contributed by atoms with Crippen LogP contribution in [-0.2, 0) is 11.3 Å². The molecule has 2 N–H and O–H groups in total. The quantitative estimate of drug-likeness (QED) is 0.647. The number of carbonyl (C=O) groups excluding carboxylic acids is 1. The highest BCUT2D eigenvalue weighted by Crippen LogP contribution is 2.24. The van der Waals surface area contributed by atoms with Crippen LogP contribution in [0.5, 0.6) is 11.5 Å². The Hall–Kier alpha value is -3.19. The molecule has 1 amide bonds. The minimum absolute atomic E-state index is 0.0196. The zero-order chi connectivity index (χ0) is 20.1. The maximum atomic E-state index is 12.4. The maximum Gasteiger partial charge on any atom is 0.234 e. The van der Waals surface area contributed by atoms with Gasteiger partial charge in [-0.25, -0.2) is 4.98 Å².